The Bertz CT molecular complexity index is 947. The van der Waals surface area contributed by atoms with E-state index in [1.165, 1.54) is 17.8 Å². The summed E-state index contributed by atoms with van der Waals surface area (Å²) in [6.45, 7) is 6.11. The summed E-state index contributed by atoms with van der Waals surface area (Å²) in [6.07, 6.45) is -1.66. The second-order valence-corrected chi connectivity index (χ2v) is 9.35. The molecule has 1 aliphatic rings. The van der Waals surface area contributed by atoms with Crippen LogP contribution in [0.25, 0.3) is 0 Å². The maximum Gasteiger partial charge on any atom is 0.435 e. The van der Waals surface area contributed by atoms with Crippen LogP contribution in [0.2, 0.25) is 0 Å². The number of hydrogen-bond acceptors (Lipinski definition) is 5. The average molecular weight is 465 g/mol. The van der Waals surface area contributed by atoms with Gasteiger partial charge in [-0.25, -0.2) is 0 Å². The predicted octanol–water partition coefficient (Wildman–Crippen LogP) is 5.74. The molecule has 0 aliphatic heterocycles. The molecule has 0 N–H and O–H groups in total. The lowest BCUT2D eigenvalue weighted by molar-refractivity contribution is -0.142. The number of aryl methyl sites for hydroxylation is 3. The van der Waals surface area contributed by atoms with Gasteiger partial charge in [-0.1, -0.05) is 31.5 Å². The van der Waals surface area contributed by atoms with Crippen molar-refractivity contribution in [1.29, 1.82) is 0 Å². The van der Waals surface area contributed by atoms with Crippen LogP contribution in [0.5, 0.6) is 0 Å². The molecule has 1 aromatic heterocycles. The number of carbonyl (C=O) groups is 2. The monoisotopic (exact) mass is 464 g/mol. The Morgan fingerprint density at radius 2 is 1.59 bits per heavy atom. The molecule has 0 spiro atoms. The molecular weight excluding hydrogens is 437 g/mol. The third-order valence-electron chi connectivity index (χ3n) is 5.88. The zero-order valence-corrected chi connectivity index (χ0v) is 19.3. The van der Waals surface area contributed by atoms with Crippen molar-refractivity contribution < 1.29 is 22.8 Å². The number of carbonyl (C=O) groups excluding carboxylic acids is 2. The van der Waals surface area contributed by atoms with Gasteiger partial charge in [-0.2, -0.15) is 13.2 Å². The van der Waals surface area contributed by atoms with Gasteiger partial charge in [-0.3, -0.25) is 9.59 Å². The molecule has 1 saturated carbocycles. The van der Waals surface area contributed by atoms with Crippen molar-refractivity contribution in [2.75, 3.05) is 5.75 Å². The number of rotatable bonds is 7. The Kier molecular flexibility index (Phi) is 7.75. The molecule has 0 saturated heterocycles. The molecule has 1 heterocycles. The zero-order valence-electron chi connectivity index (χ0n) is 18.5. The quantitative estimate of drug-likeness (QED) is 0.386. The molecule has 1 fully saturated rings. The minimum absolute atomic E-state index is 0.0289. The van der Waals surface area contributed by atoms with E-state index in [0.29, 0.717) is 30.0 Å². The van der Waals surface area contributed by atoms with E-state index in [0.717, 1.165) is 41.2 Å². The smallest absolute Gasteiger partial charge is 0.299 e. The first-order valence-electron chi connectivity index (χ1n) is 10.8. The van der Waals surface area contributed by atoms with Gasteiger partial charge < -0.3 is 0 Å². The first-order chi connectivity index (χ1) is 15.1. The Balaban J connectivity index is 1.64. The molecule has 32 heavy (non-hydrogen) atoms. The summed E-state index contributed by atoms with van der Waals surface area (Å²) in [4.78, 5) is 26.1. The van der Waals surface area contributed by atoms with E-state index >= 15 is 0 Å². The van der Waals surface area contributed by atoms with E-state index in [2.05, 4.69) is 22.3 Å². The van der Waals surface area contributed by atoms with Crippen molar-refractivity contribution in [1.82, 2.24) is 10.2 Å². The third-order valence-corrected chi connectivity index (χ3v) is 6.83. The SMILES string of the molecule is CCc1cc(C)cc(CC)c1C1C(=O)CC(CCSc2ccc(C(F)(F)F)nn2)CC1=O. The fraction of sp³-hybridized carbons (Fsp3) is 0.500. The van der Waals surface area contributed by atoms with Gasteiger partial charge in [-0.15, -0.1) is 22.0 Å². The number of halogens is 3. The van der Waals surface area contributed by atoms with Gasteiger partial charge in [0.05, 0.1) is 0 Å². The summed E-state index contributed by atoms with van der Waals surface area (Å²) in [5.74, 6) is -0.231. The molecule has 8 heteroatoms. The number of hydrogen-bond donors (Lipinski definition) is 0. The van der Waals surface area contributed by atoms with Crippen molar-refractivity contribution in [3.8, 4) is 0 Å². The fourth-order valence-corrected chi connectivity index (χ4v) is 5.29. The molecule has 3 rings (SSSR count). The van der Waals surface area contributed by atoms with Crippen LogP contribution in [0.1, 0.15) is 67.0 Å². The third kappa shape index (κ3) is 5.57. The highest BCUT2D eigenvalue weighted by molar-refractivity contribution is 7.99. The van der Waals surface area contributed by atoms with Gasteiger partial charge in [0.2, 0.25) is 0 Å². The summed E-state index contributed by atoms with van der Waals surface area (Å²) in [7, 11) is 0. The number of Topliss-reactive ketones (excluding diaryl/α,β-unsaturated/α-hetero) is 2. The number of aromatic nitrogens is 2. The van der Waals surface area contributed by atoms with Crippen LogP contribution in [-0.2, 0) is 28.6 Å². The van der Waals surface area contributed by atoms with Crippen LogP contribution in [0.15, 0.2) is 29.3 Å². The van der Waals surface area contributed by atoms with Gasteiger partial charge in [0.25, 0.3) is 0 Å². The highest BCUT2D eigenvalue weighted by atomic mass is 32.2. The van der Waals surface area contributed by atoms with Gasteiger partial charge in [0, 0.05) is 12.8 Å². The maximum atomic E-state index is 13.0. The predicted molar refractivity (Wildman–Crippen MR) is 118 cm³/mol. The molecule has 172 valence electrons. The topological polar surface area (TPSA) is 59.9 Å². The van der Waals surface area contributed by atoms with Crippen LogP contribution < -0.4 is 0 Å². The molecule has 0 radical (unpaired) electrons. The maximum absolute atomic E-state index is 13.0. The Morgan fingerprint density at radius 3 is 2.06 bits per heavy atom. The van der Waals surface area contributed by atoms with Crippen LogP contribution in [-0.4, -0.2) is 27.5 Å². The van der Waals surface area contributed by atoms with Crippen LogP contribution in [0.4, 0.5) is 13.2 Å². The molecule has 0 atom stereocenters. The first-order valence-corrected chi connectivity index (χ1v) is 11.8. The molecular formula is C24H27F3N2O2S. The zero-order chi connectivity index (χ0) is 23.5. The Labute approximate surface area is 190 Å². The summed E-state index contributed by atoms with van der Waals surface area (Å²) >= 11 is 1.28. The molecule has 4 nitrogen and oxygen atoms in total. The van der Waals surface area contributed by atoms with Crippen molar-refractivity contribution in [3.05, 3.63) is 52.2 Å². The van der Waals surface area contributed by atoms with E-state index in [4.69, 9.17) is 0 Å². The van der Waals surface area contributed by atoms with Crippen molar-refractivity contribution >= 4 is 23.3 Å². The lowest BCUT2D eigenvalue weighted by Crippen LogP contribution is -2.33. The van der Waals surface area contributed by atoms with Crippen LogP contribution >= 0.6 is 11.8 Å². The van der Waals surface area contributed by atoms with Crippen LogP contribution in [0.3, 0.4) is 0 Å². The number of benzene rings is 1. The number of nitrogens with zero attached hydrogens (tertiary/aromatic N) is 2. The summed E-state index contributed by atoms with van der Waals surface area (Å²) in [5.41, 5.74) is 3.17. The lowest BCUT2D eigenvalue weighted by Gasteiger charge is -2.29. The Hall–Kier alpha value is -2.22. The lowest BCUT2D eigenvalue weighted by atomic mass is 9.73. The van der Waals surface area contributed by atoms with E-state index in [9.17, 15) is 22.8 Å². The summed E-state index contributed by atoms with van der Waals surface area (Å²) in [5, 5.41) is 7.22. The molecule has 1 aromatic carbocycles. The largest absolute Gasteiger partial charge is 0.435 e. The average Bonchev–Trinajstić information content (AvgIpc) is 2.73. The van der Waals surface area contributed by atoms with Crippen LogP contribution in [0, 0.1) is 12.8 Å². The molecule has 0 unspecified atom stereocenters. The van der Waals surface area contributed by atoms with E-state index in [-0.39, 0.29) is 17.5 Å². The molecule has 0 amide bonds. The van der Waals surface area contributed by atoms with Crippen molar-refractivity contribution in [3.63, 3.8) is 0 Å². The second-order valence-electron chi connectivity index (χ2n) is 8.24. The summed E-state index contributed by atoms with van der Waals surface area (Å²) < 4.78 is 37.8. The van der Waals surface area contributed by atoms with Crippen molar-refractivity contribution in [2.24, 2.45) is 5.92 Å². The van der Waals surface area contributed by atoms with Crippen molar-refractivity contribution in [2.45, 2.75) is 70.0 Å². The highest BCUT2D eigenvalue weighted by Gasteiger charge is 2.38. The Morgan fingerprint density at radius 1 is 1.00 bits per heavy atom. The normalized spacial score (nSPS) is 19.4. The van der Waals surface area contributed by atoms with E-state index in [1.54, 1.807) is 0 Å². The van der Waals surface area contributed by atoms with E-state index < -0.39 is 17.8 Å². The second kappa shape index (κ2) is 10.1. The van der Waals surface area contributed by atoms with Gasteiger partial charge >= 0.3 is 6.18 Å². The minimum Gasteiger partial charge on any atom is -0.299 e. The number of ketones is 2. The fourth-order valence-electron chi connectivity index (χ4n) is 4.37. The highest BCUT2D eigenvalue weighted by Crippen LogP contribution is 2.37. The molecule has 1 aliphatic carbocycles. The standard InChI is InChI=1S/C24H27F3N2O2S/c1-4-16-10-14(3)11-17(5-2)22(16)23-18(30)12-15(13-19(23)31)8-9-32-21-7-6-20(28-29-21)24(25,26)27/h6-7,10-11,15,23H,4-5,8-9,12-13H2,1-3H3. The number of alkyl halides is 3. The number of thioether (sulfide) groups is 1. The van der Waals surface area contributed by atoms with E-state index in [1.807, 2.05) is 20.8 Å². The van der Waals surface area contributed by atoms with Gasteiger partial charge in [0.15, 0.2) is 5.69 Å². The van der Waals surface area contributed by atoms with Gasteiger partial charge in [0.1, 0.15) is 22.5 Å². The molecule has 0 bridgehead atoms. The minimum atomic E-state index is -4.51. The summed E-state index contributed by atoms with van der Waals surface area (Å²) in [6, 6.07) is 6.35. The first kappa shape index (κ1) is 24.4. The molecule has 2 aromatic rings. The van der Waals surface area contributed by atoms with Gasteiger partial charge in [-0.05, 0) is 66.7 Å².